The average molecular weight is 464 g/mol. The first kappa shape index (κ1) is 22.1. The number of likely N-dealkylation sites (tertiary alicyclic amines) is 1. The maximum absolute atomic E-state index is 13.0. The number of ether oxygens (including phenoxy) is 1. The molecule has 2 aromatic rings. The number of rotatable bonds is 7. The van der Waals surface area contributed by atoms with Gasteiger partial charge in [-0.15, -0.1) is 0 Å². The molecular weight excluding hydrogens is 438 g/mol. The zero-order valence-corrected chi connectivity index (χ0v) is 18.7. The number of carbonyl (C=O) groups is 1. The summed E-state index contributed by atoms with van der Waals surface area (Å²) in [6.45, 7) is 1.99. The first-order valence-electron chi connectivity index (χ1n) is 10.4. The lowest BCUT2D eigenvalue weighted by molar-refractivity contribution is 0.0791. The molecule has 0 spiro atoms. The van der Waals surface area contributed by atoms with Crippen molar-refractivity contribution >= 4 is 33.2 Å². The molecule has 2 fully saturated rings. The summed E-state index contributed by atoms with van der Waals surface area (Å²) in [6, 6.07) is 14.4. The summed E-state index contributed by atoms with van der Waals surface area (Å²) in [5.74, 6) is -0.204. The van der Waals surface area contributed by atoms with E-state index in [9.17, 15) is 13.2 Å². The van der Waals surface area contributed by atoms with Crippen LogP contribution in [0.3, 0.4) is 0 Å². The maximum atomic E-state index is 13.0. The number of anilines is 1. The molecule has 2 saturated heterocycles. The van der Waals surface area contributed by atoms with E-state index in [1.54, 1.807) is 11.0 Å². The number of benzene rings is 2. The van der Waals surface area contributed by atoms with Crippen LogP contribution in [0.15, 0.2) is 53.4 Å². The molecule has 2 heterocycles. The molecule has 0 aliphatic carbocycles. The van der Waals surface area contributed by atoms with Crippen molar-refractivity contribution in [3.8, 4) is 0 Å². The number of amides is 1. The van der Waals surface area contributed by atoms with E-state index in [1.807, 2.05) is 30.3 Å². The summed E-state index contributed by atoms with van der Waals surface area (Å²) >= 11 is 6.17. The summed E-state index contributed by atoms with van der Waals surface area (Å²) in [6.07, 6.45) is 2.44. The van der Waals surface area contributed by atoms with E-state index in [2.05, 4.69) is 10.0 Å². The largest absolute Gasteiger partial charge is 0.380 e. The molecule has 0 saturated carbocycles. The third-order valence-corrected chi connectivity index (χ3v) is 7.52. The topological polar surface area (TPSA) is 87.7 Å². The quantitative estimate of drug-likeness (QED) is 0.658. The van der Waals surface area contributed by atoms with Crippen molar-refractivity contribution in [2.45, 2.75) is 36.3 Å². The van der Waals surface area contributed by atoms with Crippen molar-refractivity contribution in [1.29, 1.82) is 0 Å². The molecule has 2 atom stereocenters. The van der Waals surface area contributed by atoms with Crippen LogP contribution >= 0.6 is 11.6 Å². The number of sulfonamides is 1. The van der Waals surface area contributed by atoms with Gasteiger partial charge in [0.1, 0.15) is 4.90 Å². The van der Waals surface area contributed by atoms with Gasteiger partial charge in [0.2, 0.25) is 10.0 Å². The van der Waals surface area contributed by atoms with Gasteiger partial charge in [-0.2, -0.15) is 0 Å². The van der Waals surface area contributed by atoms with E-state index in [4.69, 9.17) is 16.3 Å². The SMILES string of the molecule is O=C(c1ccc(Cl)c(S(=O)(=O)NCC2CCCO2)c1)N1CCC(Nc2ccccc2)C1. The lowest BCUT2D eigenvalue weighted by Crippen LogP contribution is -2.33. The molecule has 2 unspecified atom stereocenters. The number of hydrogen-bond acceptors (Lipinski definition) is 5. The number of halogens is 1. The Morgan fingerprint density at radius 1 is 1.16 bits per heavy atom. The monoisotopic (exact) mass is 463 g/mol. The number of nitrogens with zero attached hydrogens (tertiary/aromatic N) is 1. The lowest BCUT2D eigenvalue weighted by Gasteiger charge is -2.19. The van der Waals surface area contributed by atoms with Crippen LogP contribution in [0.2, 0.25) is 5.02 Å². The number of nitrogens with one attached hydrogen (secondary N) is 2. The van der Waals surface area contributed by atoms with Crippen LogP contribution in [0.4, 0.5) is 5.69 Å². The van der Waals surface area contributed by atoms with Gasteiger partial charge in [0, 0.05) is 43.5 Å². The molecule has 31 heavy (non-hydrogen) atoms. The van der Waals surface area contributed by atoms with Crippen molar-refractivity contribution in [2.24, 2.45) is 0 Å². The highest BCUT2D eigenvalue weighted by molar-refractivity contribution is 7.89. The van der Waals surface area contributed by atoms with E-state index in [-0.39, 0.29) is 34.5 Å². The minimum absolute atomic E-state index is 0.0847. The zero-order valence-electron chi connectivity index (χ0n) is 17.1. The second-order valence-electron chi connectivity index (χ2n) is 7.88. The summed E-state index contributed by atoms with van der Waals surface area (Å²) < 4.78 is 33.6. The summed E-state index contributed by atoms with van der Waals surface area (Å²) in [5.41, 5.74) is 1.32. The lowest BCUT2D eigenvalue weighted by atomic mass is 10.2. The fraction of sp³-hybridized carbons (Fsp3) is 0.409. The van der Waals surface area contributed by atoms with Gasteiger partial charge in [-0.25, -0.2) is 13.1 Å². The molecule has 2 N–H and O–H groups in total. The first-order chi connectivity index (χ1) is 14.9. The fourth-order valence-electron chi connectivity index (χ4n) is 3.94. The summed E-state index contributed by atoms with van der Waals surface area (Å²) in [5, 5.41) is 3.52. The molecule has 0 radical (unpaired) electrons. The Kier molecular flexibility index (Phi) is 6.81. The smallest absolute Gasteiger partial charge is 0.253 e. The normalized spacial score (nSPS) is 21.4. The van der Waals surface area contributed by atoms with Crippen LogP contribution in [0.5, 0.6) is 0 Å². The van der Waals surface area contributed by atoms with Gasteiger partial charge in [-0.1, -0.05) is 29.8 Å². The van der Waals surface area contributed by atoms with Gasteiger partial charge in [0.25, 0.3) is 5.91 Å². The van der Waals surface area contributed by atoms with E-state index in [0.29, 0.717) is 25.3 Å². The van der Waals surface area contributed by atoms with Gasteiger partial charge >= 0.3 is 0 Å². The first-order valence-corrected chi connectivity index (χ1v) is 12.3. The minimum atomic E-state index is -3.85. The minimum Gasteiger partial charge on any atom is -0.380 e. The molecule has 1 amide bonds. The Labute approximate surface area is 187 Å². The molecule has 0 bridgehead atoms. The van der Waals surface area contributed by atoms with Crippen molar-refractivity contribution < 1.29 is 17.9 Å². The van der Waals surface area contributed by atoms with Gasteiger partial charge in [-0.05, 0) is 49.6 Å². The maximum Gasteiger partial charge on any atom is 0.253 e. The van der Waals surface area contributed by atoms with Crippen molar-refractivity contribution in [1.82, 2.24) is 9.62 Å². The second kappa shape index (κ2) is 9.56. The molecule has 2 aromatic carbocycles. The predicted molar refractivity (Wildman–Crippen MR) is 120 cm³/mol. The summed E-state index contributed by atoms with van der Waals surface area (Å²) in [7, 11) is -3.85. The van der Waals surface area contributed by atoms with Gasteiger partial charge < -0.3 is 15.0 Å². The predicted octanol–water partition coefficient (Wildman–Crippen LogP) is 3.12. The molecule has 9 heteroatoms. The molecule has 4 rings (SSSR count). The molecular formula is C22H26ClN3O4S. The summed E-state index contributed by atoms with van der Waals surface area (Å²) in [4.78, 5) is 14.7. The molecule has 0 aromatic heterocycles. The third kappa shape index (κ3) is 5.38. The average Bonchev–Trinajstić information content (AvgIpc) is 3.45. The zero-order chi connectivity index (χ0) is 21.8. The van der Waals surface area contributed by atoms with Gasteiger partial charge in [0.05, 0.1) is 11.1 Å². The number of carbonyl (C=O) groups excluding carboxylic acids is 1. The number of para-hydroxylation sites is 1. The fourth-order valence-corrected chi connectivity index (χ4v) is 5.53. The standard InChI is InChI=1S/C22H26ClN3O4S/c23-20-9-8-16(13-21(20)31(28,29)24-14-19-7-4-12-30-19)22(27)26-11-10-18(15-26)25-17-5-2-1-3-6-17/h1-3,5-6,8-9,13,18-19,24-25H,4,7,10-12,14-15H2. The van der Waals surface area contributed by atoms with Crippen LogP contribution in [0, 0.1) is 0 Å². The van der Waals surface area contributed by atoms with Gasteiger partial charge in [-0.3, -0.25) is 4.79 Å². The highest BCUT2D eigenvalue weighted by Gasteiger charge is 2.29. The second-order valence-corrected chi connectivity index (χ2v) is 10.0. The number of hydrogen-bond donors (Lipinski definition) is 2. The van der Waals surface area contributed by atoms with E-state index >= 15 is 0 Å². The van der Waals surface area contributed by atoms with Crippen LogP contribution in [0.1, 0.15) is 29.6 Å². The van der Waals surface area contributed by atoms with Crippen molar-refractivity contribution in [3.05, 3.63) is 59.1 Å². The molecule has 2 aliphatic heterocycles. The van der Waals surface area contributed by atoms with E-state index in [0.717, 1.165) is 24.9 Å². The molecule has 2 aliphatic rings. The highest BCUT2D eigenvalue weighted by Crippen LogP contribution is 2.25. The Hall–Kier alpha value is -2.13. The highest BCUT2D eigenvalue weighted by atomic mass is 35.5. The van der Waals surface area contributed by atoms with Crippen molar-refractivity contribution in [3.63, 3.8) is 0 Å². The van der Waals surface area contributed by atoms with Crippen molar-refractivity contribution in [2.75, 3.05) is 31.6 Å². The molecule has 166 valence electrons. The van der Waals surface area contributed by atoms with Crippen LogP contribution in [-0.2, 0) is 14.8 Å². The van der Waals surface area contributed by atoms with Crippen LogP contribution in [-0.4, -0.2) is 57.6 Å². The Morgan fingerprint density at radius 3 is 2.71 bits per heavy atom. The van der Waals surface area contributed by atoms with Crippen LogP contribution < -0.4 is 10.0 Å². The molecule has 7 nitrogen and oxygen atoms in total. The van der Waals surface area contributed by atoms with Gasteiger partial charge in [0.15, 0.2) is 0 Å². The Balaban J connectivity index is 1.43. The Morgan fingerprint density at radius 2 is 1.97 bits per heavy atom. The van der Waals surface area contributed by atoms with E-state index < -0.39 is 10.0 Å². The van der Waals surface area contributed by atoms with E-state index in [1.165, 1.54) is 12.1 Å². The van der Waals surface area contributed by atoms with Crippen LogP contribution in [0.25, 0.3) is 0 Å². The Bertz CT molecular complexity index is 1030. The third-order valence-electron chi connectivity index (χ3n) is 5.61.